The van der Waals surface area contributed by atoms with Gasteiger partial charge in [0.25, 0.3) is 0 Å². The summed E-state index contributed by atoms with van der Waals surface area (Å²) in [5.74, 6) is 0. The van der Waals surface area contributed by atoms with Crippen molar-refractivity contribution < 1.29 is 13.5 Å². The fourth-order valence-corrected chi connectivity index (χ4v) is 0.989. The van der Waals surface area contributed by atoms with Crippen molar-refractivity contribution in [3.05, 3.63) is 0 Å². The lowest BCUT2D eigenvalue weighted by molar-refractivity contribution is 0.131. The van der Waals surface area contributed by atoms with Gasteiger partial charge in [-0.25, -0.2) is 12.7 Å². The summed E-state index contributed by atoms with van der Waals surface area (Å²) in [7, 11) is -1.81. The molecule has 0 aromatic heterocycles. The summed E-state index contributed by atoms with van der Waals surface area (Å²) in [5, 5.41) is 9.23. The second-order valence-electron chi connectivity index (χ2n) is 2.97. The molecule has 12 heavy (non-hydrogen) atoms. The summed E-state index contributed by atoms with van der Waals surface area (Å²) in [4.78, 5) is 0. The topological polar surface area (TPSA) is 83.6 Å². The second-order valence-corrected chi connectivity index (χ2v) is 5.06. The van der Waals surface area contributed by atoms with Gasteiger partial charge in [0.15, 0.2) is 0 Å². The molecule has 6 heteroatoms. The van der Waals surface area contributed by atoms with Crippen molar-refractivity contribution in [2.24, 2.45) is 5.73 Å². The molecule has 2 atom stereocenters. The van der Waals surface area contributed by atoms with Crippen molar-refractivity contribution in [2.45, 2.75) is 19.1 Å². The molecule has 0 saturated carbocycles. The van der Waals surface area contributed by atoms with E-state index in [1.54, 1.807) is 6.92 Å². The lowest BCUT2D eigenvalue weighted by atomic mass is 10.2. The molecule has 5 nitrogen and oxygen atoms in total. The van der Waals surface area contributed by atoms with Crippen LogP contribution in [0.15, 0.2) is 0 Å². The van der Waals surface area contributed by atoms with Crippen LogP contribution in [0.4, 0.5) is 0 Å². The summed E-state index contributed by atoms with van der Waals surface area (Å²) < 4.78 is 22.8. The van der Waals surface area contributed by atoms with Crippen LogP contribution in [0.3, 0.4) is 0 Å². The molecule has 0 radical (unpaired) electrons. The zero-order chi connectivity index (χ0) is 9.94. The smallest absolute Gasteiger partial charge is 0.211 e. The molecule has 0 saturated heterocycles. The molecule has 0 amide bonds. The van der Waals surface area contributed by atoms with Gasteiger partial charge >= 0.3 is 0 Å². The highest BCUT2D eigenvalue weighted by molar-refractivity contribution is 7.88. The highest BCUT2D eigenvalue weighted by Crippen LogP contribution is 1.97. The Morgan fingerprint density at radius 2 is 2.00 bits per heavy atom. The van der Waals surface area contributed by atoms with Crippen LogP contribution in [-0.2, 0) is 10.0 Å². The summed E-state index contributed by atoms with van der Waals surface area (Å²) in [6, 6.07) is -0.422. The summed E-state index contributed by atoms with van der Waals surface area (Å²) >= 11 is 0. The molecule has 0 aliphatic rings. The summed E-state index contributed by atoms with van der Waals surface area (Å²) in [5.41, 5.74) is 5.36. The minimum Gasteiger partial charge on any atom is -0.390 e. The first-order valence-electron chi connectivity index (χ1n) is 3.60. The van der Waals surface area contributed by atoms with Gasteiger partial charge < -0.3 is 10.8 Å². The number of aliphatic hydroxyl groups excluding tert-OH is 1. The standard InChI is InChI=1S/C6H16N2O3S/c1-5(7)6(9)4-8(2)12(3,10)11/h5-6,9H,4,7H2,1-3H3/t5-,6+/m0/s1. The Bertz CT molecular complexity index is 225. The molecule has 0 aliphatic heterocycles. The average Bonchev–Trinajstić information content (AvgIpc) is 1.85. The van der Waals surface area contributed by atoms with Crippen LogP contribution >= 0.6 is 0 Å². The number of nitrogens with two attached hydrogens (primary N) is 1. The third-order valence-electron chi connectivity index (χ3n) is 1.62. The fourth-order valence-electron chi connectivity index (χ4n) is 0.565. The zero-order valence-electron chi connectivity index (χ0n) is 7.56. The number of hydrogen-bond acceptors (Lipinski definition) is 4. The third kappa shape index (κ3) is 4.01. The van der Waals surface area contributed by atoms with Gasteiger partial charge in [0.05, 0.1) is 12.4 Å². The van der Waals surface area contributed by atoms with Crippen LogP contribution in [0.1, 0.15) is 6.92 Å². The number of nitrogens with zero attached hydrogens (tertiary/aromatic N) is 1. The van der Waals surface area contributed by atoms with Gasteiger partial charge in [0, 0.05) is 19.6 Å². The van der Waals surface area contributed by atoms with Gasteiger partial charge in [0.1, 0.15) is 0 Å². The Hall–Kier alpha value is -0.170. The maximum Gasteiger partial charge on any atom is 0.211 e. The molecule has 0 aromatic carbocycles. The van der Waals surface area contributed by atoms with E-state index in [0.717, 1.165) is 10.6 Å². The van der Waals surface area contributed by atoms with Crippen LogP contribution in [0, 0.1) is 0 Å². The van der Waals surface area contributed by atoms with E-state index in [2.05, 4.69) is 0 Å². The van der Waals surface area contributed by atoms with E-state index in [9.17, 15) is 13.5 Å². The normalized spacial score (nSPS) is 17.8. The largest absolute Gasteiger partial charge is 0.390 e. The van der Waals surface area contributed by atoms with Crippen LogP contribution < -0.4 is 5.73 Å². The van der Waals surface area contributed by atoms with Crippen LogP contribution in [0.25, 0.3) is 0 Å². The van der Waals surface area contributed by atoms with Crippen LogP contribution in [0.2, 0.25) is 0 Å². The van der Waals surface area contributed by atoms with Crippen LogP contribution in [0.5, 0.6) is 0 Å². The van der Waals surface area contributed by atoms with Gasteiger partial charge in [-0.05, 0) is 6.92 Å². The first-order valence-corrected chi connectivity index (χ1v) is 5.45. The minimum atomic E-state index is -3.21. The first-order chi connectivity index (χ1) is 5.25. The number of likely N-dealkylation sites (N-methyl/N-ethyl adjacent to an activating group) is 1. The lowest BCUT2D eigenvalue weighted by Crippen LogP contribution is -2.42. The molecule has 0 aliphatic carbocycles. The number of sulfonamides is 1. The number of rotatable bonds is 4. The summed E-state index contributed by atoms with van der Waals surface area (Å²) in [6.07, 6.45) is 0.269. The highest BCUT2D eigenvalue weighted by Gasteiger charge is 2.17. The van der Waals surface area contributed by atoms with Crippen molar-refractivity contribution in [1.29, 1.82) is 0 Å². The van der Waals surface area contributed by atoms with Gasteiger partial charge in [-0.3, -0.25) is 0 Å². The molecule has 74 valence electrons. The van der Waals surface area contributed by atoms with Crippen molar-refractivity contribution >= 4 is 10.0 Å². The predicted octanol–water partition coefficient (Wildman–Crippen LogP) is -1.41. The molecule has 0 aromatic rings. The van der Waals surface area contributed by atoms with Gasteiger partial charge in [-0.1, -0.05) is 0 Å². The maximum atomic E-state index is 10.9. The second kappa shape index (κ2) is 4.18. The monoisotopic (exact) mass is 196 g/mol. The van der Waals surface area contributed by atoms with Crippen molar-refractivity contribution in [3.63, 3.8) is 0 Å². The van der Waals surface area contributed by atoms with Gasteiger partial charge in [-0.2, -0.15) is 0 Å². The molecule has 0 unspecified atom stereocenters. The van der Waals surface area contributed by atoms with E-state index in [1.165, 1.54) is 7.05 Å². The minimum absolute atomic E-state index is 0.0382. The zero-order valence-corrected chi connectivity index (χ0v) is 8.37. The SMILES string of the molecule is C[C@H](N)[C@H](O)CN(C)S(C)(=O)=O. The van der Waals surface area contributed by atoms with Crippen molar-refractivity contribution in [2.75, 3.05) is 19.8 Å². The molecule has 0 rings (SSSR count). The van der Waals surface area contributed by atoms with E-state index in [0.29, 0.717) is 0 Å². The van der Waals surface area contributed by atoms with Crippen molar-refractivity contribution in [1.82, 2.24) is 4.31 Å². The van der Waals surface area contributed by atoms with E-state index in [1.807, 2.05) is 0 Å². The van der Waals surface area contributed by atoms with Gasteiger partial charge in [-0.15, -0.1) is 0 Å². The molecule has 0 spiro atoms. The van der Waals surface area contributed by atoms with E-state index >= 15 is 0 Å². The van der Waals surface area contributed by atoms with Crippen molar-refractivity contribution in [3.8, 4) is 0 Å². The predicted molar refractivity (Wildman–Crippen MR) is 47.1 cm³/mol. The lowest BCUT2D eigenvalue weighted by Gasteiger charge is -2.20. The Morgan fingerprint density at radius 1 is 1.58 bits per heavy atom. The first kappa shape index (κ1) is 11.8. The Kier molecular flexibility index (Phi) is 4.12. The molecule has 3 N–H and O–H groups in total. The van der Waals surface area contributed by atoms with E-state index in [4.69, 9.17) is 5.73 Å². The molecule has 0 bridgehead atoms. The van der Waals surface area contributed by atoms with Gasteiger partial charge in [0.2, 0.25) is 10.0 Å². The molecule has 0 heterocycles. The maximum absolute atomic E-state index is 10.9. The molecular formula is C6H16N2O3S. The third-order valence-corrected chi connectivity index (χ3v) is 2.90. The average molecular weight is 196 g/mol. The Morgan fingerprint density at radius 3 is 2.25 bits per heavy atom. The number of aliphatic hydroxyl groups is 1. The molecule has 0 fully saturated rings. The molecular weight excluding hydrogens is 180 g/mol. The highest BCUT2D eigenvalue weighted by atomic mass is 32.2. The van der Waals surface area contributed by atoms with E-state index < -0.39 is 22.2 Å². The quantitative estimate of drug-likeness (QED) is 0.578. The van der Waals surface area contributed by atoms with E-state index in [-0.39, 0.29) is 6.54 Å². The number of hydrogen-bond donors (Lipinski definition) is 2. The Balaban J connectivity index is 4.11. The fraction of sp³-hybridized carbons (Fsp3) is 1.00. The summed E-state index contributed by atoms with van der Waals surface area (Å²) in [6.45, 7) is 1.66. The van der Waals surface area contributed by atoms with Crippen LogP contribution in [-0.4, -0.2) is 49.8 Å². The Labute approximate surface area is 73.2 Å².